The van der Waals surface area contributed by atoms with Crippen LogP contribution >= 0.6 is 0 Å². The SMILES string of the molecule is CNc1cncc(C(F)(F)F)c1.c1ccncc1. The number of anilines is 1. The summed E-state index contributed by atoms with van der Waals surface area (Å²) < 4.78 is 36.1. The fourth-order valence-corrected chi connectivity index (χ4v) is 1.04. The molecule has 2 heterocycles. The summed E-state index contributed by atoms with van der Waals surface area (Å²) in [6.45, 7) is 0. The van der Waals surface area contributed by atoms with Crippen molar-refractivity contribution in [2.75, 3.05) is 12.4 Å². The Hall–Kier alpha value is -2.11. The van der Waals surface area contributed by atoms with Crippen LogP contribution in [0.1, 0.15) is 5.56 Å². The molecule has 18 heavy (non-hydrogen) atoms. The minimum Gasteiger partial charge on any atom is -0.387 e. The third kappa shape index (κ3) is 4.82. The Morgan fingerprint density at radius 1 is 1.00 bits per heavy atom. The average Bonchev–Trinajstić information content (AvgIpc) is 2.40. The zero-order valence-electron chi connectivity index (χ0n) is 9.65. The lowest BCUT2D eigenvalue weighted by Gasteiger charge is -2.06. The zero-order valence-corrected chi connectivity index (χ0v) is 9.65. The van der Waals surface area contributed by atoms with Gasteiger partial charge in [-0.05, 0) is 18.2 Å². The van der Waals surface area contributed by atoms with Gasteiger partial charge < -0.3 is 5.32 Å². The molecule has 0 aliphatic rings. The predicted octanol–water partition coefficient (Wildman–Crippen LogP) is 3.22. The summed E-state index contributed by atoms with van der Waals surface area (Å²) in [5.74, 6) is 0. The van der Waals surface area contributed by atoms with Gasteiger partial charge in [0.15, 0.2) is 0 Å². The van der Waals surface area contributed by atoms with Crippen molar-refractivity contribution in [3.05, 3.63) is 54.6 Å². The molecule has 0 unspecified atom stereocenters. The van der Waals surface area contributed by atoms with Gasteiger partial charge in [-0.15, -0.1) is 0 Å². The quantitative estimate of drug-likeness (QED) is 0.850. The van der Waals surface area contributed by atoms with Crippen LogP contribution in [0.5, 0.6) is 0 Å². The molecule has 0 bridgehead atoms. The molecule has 0 saturated heterocycles. The van der Waals surface area contributed by atoms with E-state index in [1.54, 1.807) is 12.4 Å². The number of alkyl halides is 3. The highest BCUT2D eigenvalue weighted by atomic mass is 19.4. The second-order valence-electron chi connectivity index (χ2n) is 3.23. The maximum absolute atomic E-state index is 12.0. The number of hydrogen-bond acceptors (Lipinski definition) is 3. The van der Waals surface area contributed by atoms with Gasteiger partial charge in [-0.25, -0.2) is 0 Å². The van der Waals surface area contributed by atoms with E-state index in [0.717, 1.165) is 12.3 Å². The first-order valence-corrected chi connectivity index (χ1v) is 5.09. The van der Waals surface area contributed by atoms with Crippen LogP contribution in [0.4, 0.5) is 18.9 Å². The van der Waals surface area contributed by atoms with Gasteiger partial charge in [0.25, 0.3) is 0 Å². The monoisotopic (exact) mass is 255 g/mol. The first-order valence-electron chi connectivity index (χ1n) is 5.09. The number of pyridine rings is 2. The van der Waals surface area contributed by atoms with E-state index in [2.05, 4.69) is 15.3 Å². The van der Waals surface area contributed by atoms with E-state index in [-0.39, 0.29) is 0 Å². The smallest absolute Gasteiger partial charge is 0.387 e. The maximum Gasteiger partial charge on any atom is 0.417 e. The van der Waals surface area contributed by atoms with Gasteiger partial charge in [-0.3, -0.25) is 9.97 Å². The fraction of sp³-hybridized carbons (Fsp3) is 0.167. The normalized spacial score (nSPS) is 10.2. The standard InChI is InChI=1S/C7H7F3N2.C5H5N/c1-11-6-2-5(3-12-4-6)7(8,9)10;1-2-4-6-5-3-1/h2-4,11H,1H3;1-5H. The van der Waals surface area contributed by atoms with Crippen molar-refractivity contribution in [2.24, 2.45) is 0 Å². The van der Waals surface area contributed by atoms with E-state index < -0.39 is 11.7 Å². The summed E-state index contributed by atoms with van der Waals surface area (Å²) in [5, 5.41) is 2.58. The lowest BCUT2D eigenvalue weighted by Crippen LogP contribution is -2.06. The Balaban J connectivity index is 0.000000225. The fourth-order valence-electron chi connectivity index (χ4n) is 1.04. The lowest BCUT2D eigenvalue weighted by atomic mass is 10.2. The second-order valence-corrected chi connectivity index (χ2v) is 3.23. The number of nitrogens with one attached hydrogen (secondary N) is 1. The first-order chi connectivity index (χ1) is 8.54. The number of rotatable bonds is 1. The van der Waals surface area contributed by atoms with E-state index in [1.807, 2.05) is 18.2 Å². The van der Waals surface area contributed by atoms with Gasteiger partial charge in [-0.1, -0.05) is 6.07 Å². The summed E-state index contributed by atoms with van der Waals surface area (Å²) >= 11 is 0. The van der Waals surface area contributed by atoms with Crippen molar-refractivity contribution < 1.29 is 13.2 Å². The maximum atomic E-state index is 12.0. The van der Waals surface area contributed by atoms with Crippen molar-refractivity contribution in [2.45, 2.75) is 6.18 Å². The van der Waals surface area contributed by atoms with Crippen molar-refractivity contribution in [3.63, 3.8) is 0 Å². The van der Waals surface area contributed by atoms with E-state index >= 15 is 0 Å². The molecule has 6 heteroatoms. The summed E-state index contributed by atoms with van der Waals surface area (Å²) in [6, 6.07) is 6.72. The van der Waals surface area contributed by atoms with E-state index in [0.29, 0.717) is 5.69 Å². The van der Waals surface area contributed by atoms with Crippen LogP contribution in [0.15, 0.2) is 49.1 Å². The molecule has 0 saturated carbocycles. The predicted molar refractivity (Wildman–Crippen MR) is 63.0 cm³/mol. The van der Waals surface area contributed by atoms with Crippen LogP contribution in [0, 0.1) is 0 Å². The van der Waals surface area contributed by atoms with Crippen molar-refractivity contribution in [1.82, 2.24) is 9.97 Å². The Labute approximate surface area is 103 Å². The van der Waals surface area contributed by atoms with Crippen LogP contribution in [-0.4, -0.2) is 17.0 Å². The summed E-state index contributed by atoms with van der Waals surface area (Å²) in [6.07, 6.45) is 1.30. The highest BCUT2D eigenvalue weighted by Crippen LogP contribution is 2.29. The molecule has 0 spiro atoms. The molecular weight excluding hydrogens is 243 g/mol. The minimum absolute atomic E-state index is 0.352. The molecule has 1 N–H and O–H groups in total. The molecular formula is C12H12F3N3. The van der Waals surface area contributed by atoms with Gasteiger partial charge in [0, 0.05) is 31.8 Å². The van der Waals surface area contributed by atoms with Gasteiger partial charge in [0.1, 0.15) is 0 Å². The number of hydrogen-bond donors (Lipinski definition) is 1. The van der Waals surface area contributed by atoms with Crippen LogP contribution in [0.2, 0.25) is 0 Å². The Kier molecular flexibility index (Phi) is 5.10. The minimum atomic E-state index is -4.32. The zero-order chi connectivity index (χ0) is 13.4. The molecule has 0 fully saturated rings. The second kappa shape index (κ2) is 6.58. The van der Waals surface area contributed by atoms with Gasteiger partial charge in [0.2, 0.25) is 0 Å². The molecule has 0 radical (unpaired) electrons. The summed E-state index contributed by atoms with van der Waals surface area (Å²) in [4.78, 5) is 7.22. The largest absolute Gasteiger partial charge is 0.417 e. The molecule has 0 aliphatic carbocycles. The van der Waals surface area contributed by atoms with Crippen LogP contribution in [0.3, 0.4) is 0 Å². The molecule has 0 amide bonds. The highest BCUT2D eigenvalue weighted by molar-refractivity contribution is 5.42. The van der Waals surface area contributed by atoms with Crippen LogP contribution < -0.4 is 5.32 Å². The Morgan fingerprint density at radius 3 is 2.06 bits per heavy atom. The highest BCUT2D eigenvalue weighted by Gasteiger charge is 2.30. The number of halogens is 3. The topological polar surface area (TPSA) is 37.8 Å². The molecule has 0 atom stereocenters. The van der Waals surface area contributed by atoms with E-state index in [9.17, 15) is 13.2 Å². The Morgan fingerprint density at radius 2 is 1.67 bits per heavy atom. The lowest BCUT2D eigenvalue weighted by molar-refractivity contribution is -0.137. The number of nitrogens with zero attached hydrogens (tertiary/aromatic N) is 2. The van der Waals surface area contributed by atoms with Crippen LogP contribution in [-0.2, 0) is 6.18 Å². The molecule has 2 aromatic rings. The number of aromatic nitrogens is 2. The summed E-state index contributed by atoms with van der Waals surface area (Å²) in [5.41, 5.74) is -0.390. The van der Waals surface area contributed by atoms with Crippen molar-refractivity contribution >= 4 is 5.69 Å². The third-order valence-electron chi connectivity index (χ3n) is 1.92. The molecule has 96 valence electrons. The molecule has 3 nitrogen and oxygen atoms in total. The van der Waals surface area contributed by atoms with Crippen molar-refractivity contribution in [1.29, 1.82) is 0 Å². The molecule has 0 aliphatic heterocycles. The Bertz CT molecular complexity index is 431. The molecule has 2 aromatic heterocycles. The molecule has 2 rings (SSSR count). The van der Waals surface area contributed by atoms with E-state index in [4.69, 9.17) is 0 Å². The van der Waals surface area contributed by atoms with Gasteiger partial charge >= 0.3 is 6.18 Å². The first kappa shape index (κ1) is 14.0. The van der Waals surface area contributed by atoms with Gasteiger partial charge in [-0.2, -0.15) is 13.2 Å². The molecule has 0 aromatic carbocycles. The van der Waals surface area contributed by atoms with E-state index in [1.165, 1.54) is 13.2 Å². The van der Waals surface area contributed by atoms with Crippen molar-refractivity contribution in [3.8, 4) is 0 Å². The third-order valence-corrected chi connectivity index (χ3v) is 1.92. The van der Waals surface area contributed by atoms with Gasteiger partial charge in [0.05, 0.1) is 11.3 Å². The average molecular weight is 255 g/mol. The van der Waals surface area contributed by atoms with Crippen LogP contribution in [0.25, 0.3) is 0 Å². The summed E-state index contributed by atoms with van der Waals surface area (Å²) in [7, 11) is 1.54.